The number of rotatable bonds is 4. The summed E-state index contributed by atoms with van der Waals surface area (Å²) >= 11 is 2.24. The smallest absolute Gasteiger partial charge is 0.312 e. The fraction of sp³-hybridized carbons (Fsp3) is 0.389. The second-order valence-corrected chi connectivity index (χ2v) is 8.43. The zero-order chi connectivity index (χ0) is 18.7. The van der Waals surface area contributed by atoms with E-state index in [-0.39, 0.29) is 17.9 Å². The molecule has 2 aromatic heterocycles. The molecule has 0 unspecified atom stereocenters. The summed E-state index contributed by atoms with van der Waals surface area (Å²) in [5.74, 6) is 0.594. The van der Waals surface area contributed by atoms with Crippen LogP contribution < -0.4 is 5.32 Å². The summed E-state index contributed by atoms with van der Waals surface area (Å²) in [5, 5.41) is 23.6. The Morgan fingerprint density at radius 1 is 1.22 bits per heavy atom. The topological polar surface area (TPSA) is 96.1 Å². The van der Waals surface area contributed by atoms with E-state index in [0.717, 1.165) is 15.6 Å². The maximum Gasteiger partial charge on any atom is 0.312 e. The summed E-state index contributed by atoms with van der Waals surface area (Å²) < 4.78 is 16.9. The van der Waals surface area contributed by atoms with Crippen molar-refractivity contribution in [2.75, 3.05) is 5.32 Å². The number of aromatic nitrogens is 4. The first kappa shape index (κ1) is 17.3. The highest BCUT2D eigenvalue weighted by Gasteiger charge is 2.60. The summed E-state index contributed by atoms with van der Waals surface area (Å²) in [6, 6.07) is 7.63. The molecule has 2 aliphatic rings. The highest BCUT2D eigenvalue weighted by atomic mass is 127. The first-order valence-electron chi connectivity index (χ1n) is 8.77. The van der Waals surface area contributed by atoms with E-state index in [0.29, 0.717) is 23.5 Å². The Hall–Kier alpha value is -1.85. The monoisotopic (exact) mass is 481 g/mol. The van der Waals surface area contributed by atoms with E-state index >= 15 is 0 Å². The van der Waals surface area contributed by atoms with Crippen LogP contribution in [0.25, 0.3) is 11.2 Å². The molecule has 3 N–H and O–H groups in total. The number of fused-ring (bicyclic) bond motifs is 2. The van der Waals surface area contributed by atoms with Gasteiger partial charge in [0.2, 0.25) is 0 Å². The lowest BCUT2D eigenvalue weighted by Crippen LogP contribution is -2.31. The van der Waals surface area contributed by atoms with Crippen LogP contribution in [-0.4, -0.2) is 41.9 Å². The Balaban J connectivity index is 1.49. The van der Waals surface area contributed by atoms with Crippen LogP contribution in [0.1, 0.15) is 18.0 Å². The van der Waals surface area contributed by atoms with Crippen molar-refractivity contribution in [3.8, 4) is 0 Å². The summed E-state index contributed by atoms with van der Waals surface area (Å²) in [4.78, 5) is 12.1. The van der Waals surface area contributed by atoms with E-state index in [4.69, 9.17) is 0 Å². The van der Waals surface area contributed by atoms with Crippen molar-refractivity contribution in [1.82, 2.24) is 19.5 Å². The van der Waals surface area contributed by atoms with Gasteiger partial charge >= 0.3 is 6.08 Å². The number of nitrogens with one attached hydrogen (secondary N) is 1. The minimum atomic E-state index is -0.896. The Bertz CT molecular complexity index is 1030. The number of nitrogens with zero attached hydrogens (tertiary/aromatic N) is 4. The van der Waals surface area contributed by atoms with Crippen LogP contribution in [0.2, 0.25) is 0 Å². The molecule has 0 aliphatic heterocycles. The van der Waals surface area contributed by atoms with E-state index in [1.807, 2.05) is 24.3 Å². The lowest BCUT2D eigenvalue weighted by molar-refractivity contribution is 0.00385. The highest BCUT2D eigenvalue weighted by Crippen LogP contribution is 2.57. The van der Waals surface area contributed by atoms with Crippen LogP contribution in [0.15, 0.2) is 30.6 Å². The molecule has 7 nitrogen and oxygen atoms in total. The molecule has 9 heteroatoms. The van der Waals surface area contributed by atoms with Gasteiger partial charge in [0.1, 0.15) is 6.10 Å². The molecule has 2 saturated carbocycles. The minimum absolute atomic E-state index is 0.104. The van der Waals surface area contributed by atoms with Crippen LogP contribution >= 0.6 is 22.6 Å². The van der Waals surface area contributed by atoms with Crippen molar-refractivity contribution in [1.29, 1.82) is 0 Å². The number of imidazole rings is 1. The minimum Gasteiger partial charge on any atom is -0.390 e. The zero-order valence-corrected chi connectivity index (χ0v) is 16.3. The van der Waals surface area contributed by atoms with E-state index in [2.05, 4.69) is 42.9 Å². The van der Waals surface area contributed by atoms with Gasteiger partial charge in [-0.25, -0.2) is 4.98 Å². The number of aliphatic hydroxyl groups excluding tert-OH is 2. The largest absolute Gasteiger partial charge is 0.390 e. The SMILES string of the molecule is O[C@@H]1[C@H](O)[C@@H]2C[C@@H]2[C@H]1n1cnc2c(NCc3cccc(I)c3)nc(F)nc21. The van der Waals surface area contributed by atoms with E-state index in [1.54, 1.807) is 10.9 Å². The van der Waals surface area contributed by atoms with Crippen molar-refractivity contribution in [2.24, 2.45) is 11.8 Å². The quantitative estimate of drug-likeness (QED) is 0.391. The zero-order valence-electron chi connectivity index (χ0n) is 14.1. The van der Waals surface area contributed by atoms with Crippen molar-refractivity contribution in [3.63, 3.8) is 0 Å². The van der Waals surface area contributed by atoms with Crippen LogP contribution in [0.3, 0.4) is 0 Å². The third-order valence-corrected chi connectivity index (χ3v) is 6.20. The first-order chi connectivity index (χ1) is 13.0. The van der Waals surface area contributed by atoms with E-state index < -0.39 is 18.3 Å². The molecule has 5 rings (SSSR count). The van der Waals surface area contributed by atoms with Crippen LogP contribution in [0.5, 0.6) is 0 Å². The molecule has 1 aromatic carbocycles. The Morgan fingerprint density at radius 2 is 2.07 bits per heavy atom. The van der Waals surface area contributed by atoms with Gasteiger partial charge < -0.3 is 20.1 Å². The normalized spacial score (nSPS) is 29.1. The second kappa shape index (κ2) is 6.35. The average Bonchev–Trinajstić information content (AvgIpc) is 3.25. The molecule has 0 amide bonds. The molecular formula is C18H17FIN5O2. The summed E-state index contributed by atoms with van der Waals surface area (Å²) in [6.07, 6.45) is -0.0889. The molecule has 0 bridgehead atoms. The Labute approximate surface area is 167 Å². The molecule has 2 fully saturated rings. The van der Waals surface area contributed by atoms with Crippen LogP contribution in [0.4, 0.5) is 10.2 Å². The van der Waals surface area contributed by atoms with Gasteiger partial charge in [-0.05, 0) is 58.5 Å². The molecule has 3 aromatic rings. The summed E-state index contributed by atoms with van der Waals surface area (Å²) in [6.45, 7) is 0.477. The van der Waals surface area contributed by atoms with Crippen LogP contribution in [-0.2, 0) is 6.54 Å². The van der Waals surface area contributed by atoms with Gasteiger partial charge in [-0.2, -0.15) is 14.4 Å². The van der Waals surface area contributed by atoms with E-state index in [9.17, 15) is 14.6 Å². The van der Waals surface area contributed by atoms with Crippen molar-refractivity contribution >= 4 is 39.6 Å². The molecule has 2 heterocycles. The van der Waals surface area contributed by atoms with Crippen molar-refractivity contribution in [3.05, 3.63) is 45.8 Å². The molecule has 0 spiro atoms. The number of hydrogen-bond donors (Lipinski definition) is 3. The van der Waals surface area contributed by atoms with Gasteiger partial charge in [0.15, 0.2) is 17.0 Å². The summed E-state index contributed by atoms with van der Waals surface area (Å²) in [7, 11) is 0. The second-order valence-electron chi connectivity index (χ2n) is 7.18. The predicted molar refractivity (Wildman–Crippen MR) is 104 cm³/mol. The lowest BCUT2D eigenvalue weighted by Gasteiger charge is -2.22. The number of halogens is 2. The third kappa shape index (κ3) is 2.88. The molecule has 27 heavy (non-hydrogen) atoms. The molecule has 140 valence electrons. The number of anilines is 1. The van der Waals surface area contributed by atoms with Gasteiger partial charge in [-0.1, -0.05) is 12.1 Å². The third-order valence-electron chi connectivity index (χ3n) is 5.53. The predicted octanol–water partition coefficient (Wildman–Crippen LogP) is 2.09. The Morgan fingerprint density at radius 3 is 2.81 bits per heavy atom. The van der Waals surface area contributed by atoms with Crippen molar-refractivity contribution < 1.29 is 14.6 Å². The molecule has 5 atom stereocenters. The lowest BCUT2D eigenvalue weighted by atomic mass is 10.1. The summed E-state index contributed by atoms with van der Waals surface area (Å²) in [5.41, 5.74) is 1.83. The van der Waals surface area contributed by atoms with Gasteiger partial charge in [-0.3, -0.25) is 0 Å². The highest BCUT2D eigenvalue weighted by molar-refractivity contribution is 14.1. The molecule has 0 saturated heterocycles. The maximum atomic E-state index is 14.1. The molecule has 2 aliphatic carbocycles. The Kier molecular flexibility index (Phi) is 4.06. The van der Waals surface area contributed by atoms with Gasteiger partial charge in [0.05, 0.1) is 18.5 Å². The van der Waals surface area contributed by atoms with Gasteiger partial charge in [0, 0.05) is 10.1 Å². The number of hydrogen-bond acceptors (Lipinski definition) is 6. The fourth-order valence-electron chi connectivity index (χ4n) is 4.16. The van der Waals surface area contributed by atoms with Crippen molar-refractivity contribution in [2.45, 2.75) is 31.2 Å². The molecule has 0 radical (unpaired) electrons. The molecular weight excluding hydrogens is 464 g/mol. The van der Waals surface area contributed by atoms with Gasteiger partial charge in [0.25, 0.3) is 0 Å². The maximum absolute atomic E-state index is 14.1. The fourth-order valence-corrected chi connectivity index (χ4v) is 4.77. The number of benzene rings is 1. The first-order valence-corrected chi connectivity index (χ1v) is 9.85. The number of aliphatic hydroxyl groups is 2. The standard InChI is InChI=1S/C18H17FIN5O2/c19-18-23-16(21-6-8-2-1-3-9(20)4-8)12-17(24-18)25(7-22-12)13-10-5-11(10)14(26)15(13)27/h1-4,7,10-11,13-15,26-27H,5-6H2,(H,21,23,24)/t10-,11+,13+,14+,15-/m0/s1. The van der Waals surface area contributed by atoms with Gasteiger partial charge in [-0.15, -0.1) is 0 Å². The van der Waals surface area contributed by atoms with E-state index in [1.165, 1.54) is 0 Å². The average molecular weight is 481 g/mol. The van der Waals surface area contributed by atoms with Crippen LogP contribution in [0, 0.1) is 21.5 Å².